The average Bonchev–Trinajstić information content (AvgIpc) is 2.67. The molecule has 3 rings (SSSR count). The molecular weight excluding hydrogens is 364 g/mol. The van der Waals surface area contributed by atoms with Crippen LogP contribution in [0.15, 0.2) is 48.5 Å². The first kappa shape index (κ1) is 20.7. The lowest BCUT2D eigenvalue weighted by Gasteiger charge is -2.36. The Labute approximate surface area is 172 Å². The van der Waals surface area contributed by atoms with E-state index in [9.17, 15) is 9.59 Å². The van der Waals surface area contributed by atoms with Gasteiger partial charge in [0.05, 0.1) is 0 Å². The smallest absolute Gasteiger partial charge is 0.321 e. The van der Waals surface area contributed by atoms with Crippen molar-refractivity contribution in [1.29, 1.82) is 0 Å². The summed E-state index contributed by atoms with van der Waals surface area (Å²) in [6, 6.07) is 15.3. The van der Waals surface area contributed by atoms with E-state index in [0.29, 0.717) is 24.3 Å². The van der Waals surface area contributed by atoms with Gasteiger partial charge in [0.1, 0.15) is 0 Å². The highest BCUT2D eigenvalue weighted by atomic mass is 16.2. The standard InChI is InChI=1S/C23H30N4O2/c1-17-7-5-10-20(15-17)26-11-13-27(14-12-26)22(29)24-19-9-6-8-18(16-19)21(28)25-23(2,3)4/h5-10,15-16H,11-14H2,1-4H3,(H,24,29)(H,25,28). The van der Waals surface area contributed by atoms with Gasteiger partial charge >= 0.3 is 6.03 Å². The van der Waals surface area contributed by atoms with Crippen molar-refractivity contribution in [3.05, 3.63) is 59.7 Å². The molecule has 1 heterocycles. The molecule has 3 amide bonds. The van der Waals surface area contributed by atoms with Crippen molar-refractivity contribution in [3.63, 3.8) is 0 Å². The summed E-state index contributed by atoms with van der Waals surface area (Å²) < 4.78 is 0. The average molecular weight is 395 g/mol. The summed E-state index contributed by atoms with van der Waals surface area (Å²) in [7, 11) is 0. The summed E-state index contributed by atoms with van der Waals surface area (Å²) >= 11 is 0. The quantitative estimate of drug-likeness (QED) is 0.830. The minimum absolute atomic E-state index is 0.137. The van der Waals surface area contributed by atoms with Crippen molar-refractivity contribution >= 4 is 23.3 Å². The molecule has 2 aromatic carbocycles. The molecule has 0 saturated carbocycles. The van der Waals surface area contributed by atoms with Gasteiger partial charge in [-0.2, -0.15) is 0 Å². The van der Waals surface area contributed by atoms with Gasteiger partial charge in [0.2, 0.25) is 0 Å². The molecule has 0 spiro atoms. The van der Waals surface area contributed by atoms with Crippen molar-refractivity contribution in [2.75, 3.05) is 36.4 Å². The molecular formula is C23H30N4O2. The van der Waals surface area contributed by atoms with Crippen molar-refractivity contribution in [1.82, 2.24) is 10.2 Å². The van der Waals surface area contributed by atoms with Crippen LogP contribution in [0.1, 0.15) is 36.7 Å². The van der Waals surface area contributed by atoms with Gasteiger partial charge in [-0.3, -0.25) is 4.79 Å². The second-order valence-corrected chi connectivity index (χ2v) is 8.53. The van der Waals surface area contributed by atoms with E-state index in [0.717, 1.165) is 13.1 Å². The van der Waals surface area contributed by atoms with Gasteiger partial charge in [0.25, 0.3) is 5.91 Å². The topological polar surface area (TPSA) is 64.7 Å². The van der Waals surface area contributed by atoms with E-state index in [-0.39, 0.29) is 17.5 Å². The maximum atomic E-state index is 12.7. The lowest BCUT2D eigenvalue weighted by molar-refractivity contribution is 0.0919. The van der Waals surface area contributed by atoms with Gasteiger partial charge in [-0.1, -0.05) is 18.2 Å². The third-order valence-electron chi connectivity index (χ3n) is 4.80. The molecule has 0 radical (unpaired) electrons. The van der Waals surface area contributed by atoms with Gasteiger partial charge in [-0.25, -0.2) is 4.79 Å². The Hall–Kier alpha value is -3.02. The fourth-order valence-electron chi connectivity index (χ4n) is 3.35. The van der Waals surface area contributed by atoms with E-state index in [4.69, 9.17) is 0 Å². The van der Waals surface area contributed by atoms with Gasteiger partial charge in [0, 0.05) is 48.7 Å². The first-order valence-corrected chi connectivity index (χ1v) is 10.0. The lowest BCUT2D eigenvalue weighted by atomic mass is 10.1. The zero-order chi connectivity index (χ0) is 21.0. The van der Waals surface area contributed by atoms with Crippen LogP contribution in [0.5, 0.6) is 0 Å². The van der Waals surface area contributed by atoms with E-state index in [2.05, 4.69) is 46.7 Å². The number of amides is 3. The molecule has 2 N–H and O–H groups in total. The van der Waals surface area contributed by atoms with Crippen molar-refractivity contribution in [2.24, 2.45) is 0 Å². The summed E-state index contributed by atoms with van der Waals surface area (Å²) in [5, 5.41) is 5.86. The van der Waals surface area contributed by atoms with Crippen LogP contribution in [0, 0.1) is 6.92 Å². The third-order valence-corrected chi connectivity index (χ3v) is 4.80. The SMILES string of the molecule is Cc1cccc(N2CCN(C(=O)Nc3cccc(C(=O)NC(C)(C)C)c3)CC2)c1. The Morgan fingerprint density at radius 2 is 1.62 bits per heavy atom. The van der Waals surface area contributed by atoms with E-state index >= 15 is 0 Å². The van der Waals surface area contributed by atoms with Gasteiger partial charge in [-0.15, -0.1) is 0 Å². The highest BCUT2D eigenvalue weighted by molar-refractivity contribution is 5.97. The van der Waals surface area contributed by atoms with Crippen LogP contribution in [0.4, 0.5) is 16.2 Å². The molecule has 0 bridgehead atoms. The number of hydrogen-bond donors (Lipinski definition) is 2. The fourth-order valence-corrected chi connectivity index (χ4v) is 3.35. The maximum Gasteiger partial charge on any atom is 0.321 e. The molecule has 6 nitrogen and oxygen atoms in total. The summed E-state index contributed by atoms with van der Waals surface area (Å²) in [4.78, 5) is 29.1. The van der Waals surface area contributed by atoms with Crippen LogP contribution >= 0.6 is 0 Å². The first-order valence-electron chi connectivity index (χ1n) is 10.0. The number of piperazine rings is 1. The minimum Gasteiger partial charge on any atom is -0.368 e. The molecule has 0 unspecified atom stereocenters. The number of carbonyl (C=O) groups is 2. The first-order chi connectivity index (χ1) is 13.7. The molecule has 1 aliphatic heterocycles. The molecule has 0 aliphatic carbocycles. The monoisotopic (exact) mass is 394 g/mol. The number of benzene rings is 2. The number of hydrogen-bond acceptors (Lipinski definition) is 3. The zero-order valence-corrected chi connectivity index (χ0v) is 17.7. The predicted octanol–water partition coefficient (Wildman–Crippen LogP) is 3.88. The molecule has 154 valence electrons. The van der Waals surface area contributed by atoms with Crippen molar-refractivity contribution in [3.8, 4) is 0 Å². The maximum absolute atomic E-state index is 12.7. The van der Waals surface area contributed by atoms with Crippen LogP contribution in [0.2, 0.25) is 0 Å². The molecule has 1 saturated heterocycles. The molecule has 2 aromatic rings. The van der Waals surface area contributed by atoms with E-state index < -0.39 is 0 Å². The summed E-state index contributed by atoms with van der Waals surface area (Å²) in [6.45, 7) is 10.8. The molecule has 1 aliphatic rings. The third kappa shape index (κ3) is 5.73. The summed E-state index contributed by atoms with van der Waals surface area (Å²) in [5.41, 5.74) is 3.27. The number of carbonyl (C=O) groups excluding carboxylic acids is 2. The largest absolute Gasteiger partial charge is 0.368 e. The normalized spacial score (nSPS) is 14.5. The number of urea groups is 1. The van der Waals surface area contributed by atoms with E-state index in [1.54, 1.807) is 24.3 Å². The number of nitrogens with one attached hydrogen (secondary N) is 2. The number of aryl methyl sites for hydroxylation is 1. The highest BCUT2D eigenvalue weighted by Crippen LogP contribution is 2.19. The van der Waals surface area contributed by atoms with Crippen molar-refractivity contribution in [2.45, 2.75) is 33.2 Å². The zero-order valence-electron chi connectivity index (χ0n) is 17.7. The lowest BCUT2D eigenvalue weighted by Crippen LogP contribution is -2.50. The fraction of sp³-hybridized carbons (Fsp3) is 0.391. The predicted molar refractivity (Wildman–Crippen MR) is 118 cm³/mol. The Balaban J connectivity index is 1.57. The van der Waals surface area contributed by atoms with Crippen LogP contribution in [0.3, 0.4) is 0 Å². The van der Waals surface area contributed by atoms with Crippen LogP contribution in [-0.2, 0) is 0 Å². The number of nitrogens with zero attached hydrogens (tertiary/aromatic N) is 2. The van der Waals surface area contributed by atoms with Gasteiger partial charge in [0.15, 0.2) is 0 Å². The molecule has 0 aromatic heterocycles. The Bertz CT molecular complexity index is 880. The molecule has 1 fully saturated rings. The van der Waals surface area contributed by atoms with Gasteiger partial charge in [-0.05, 0) is 63.6 Å². The Morgan fingerprint density at radius 1 is 0.931 bits per heavy atom. The molecule has 0 atom stereocenters. The van der Waals surface area contributed by atoms with Crippen LogP contribution in [0.25, 0.3) is 0 Å². The molecule has 6 heteroatoms. The number of rotatable bonds is 3. The van der Waals surface area contributed by atoms with Crippen LogP contribution in [-0.4, -0.2) is 48.6 Å². The number of anilines is 2. The van der Waals surface area contributed by atoms with E-state index in [1.807, 2.05) is 25.7 Å². The van der Waals surface area contributed by atoms with Gasteiger partial charge < -0.3 is 20.4 Å². The molecule has 29 heavy (non-hydrogen) atoms. The van der Waals surface area contributed by atoms with E-state index in [1.165, 1.54) is 11.3 Å². The Kier molecular flexibility index (Phi) is 6.11. The van der Waals surface area contributed by atoms with Crippen LogP contribution < -0.4 is 15.5 Å². The minimum atomic E-state index is -0.312. The summed E-state index contributed by atoms with van der Waals surface area (Å²) in [5.74, 6) is -0.152. The Morgan fingerprint density at radius 3 is 2.28 bits per heavy atom. The van der Waals surface area contributed by atoms with Crippen molar-refractivity contribution < 1.29 is 9.59 Å². The highest BCUT2D eigenvalue weighted by Gasteiger charge is 2.22. The second-order valence-electron chi connectivity index (χ2n) is 8.53. The second kappa shape index (κ2) is 8.55. The summed E-state index contributed by atoms with van der Waals surface area (Å²) in [6.07, 6.45) is 0.